The Morgan fingerprint density at radius 2 is 2.28 bits per heavy atom. The fourth-order valence-corrected chi connectivity index (χ4v) is 2.30. The minimum atomic E-state index is -0.0175. The highest BCUT2D eigenvalue weighted by Crippen LogP contribution is 2.12. The fourth-order valence-electron chi connectivity index (χ4n) is 1.57. The van der Waals surface area contributed by atoms with Gasteiger partial charge >= 0.3 is 0 Å². The van der Waals surface area contributed by atoms with Crippen molar-refractivity contribution < 1.29 is 4.79 Å². The van der Waals surface area contributed by atoms with Crippen molar-refractivity contribution in [2.24, 2.45) is 0 Å². The number of amides is 1. The van der Waals surface area contributed by atoms with E-state index in [1.54, 1.807) is 23.9 Å². The van der Waals surface area contributed by atoms with Gasteiger partial charge in [0.15, 0.2) is 0 Å². The Hall–Kier alpha value is -1.20. The number of hydrogen-bond donors (Lipinski definition) is 2. The molecule has 18 heavy (non-hydrogen) atoms. The summed E-state index contributed by atoms with van der Waals surface area (Å²) in [5.74, 6) is 0.998. The van der Waals surface area contributed by atoms with Gasteiger partial charge in [0.05, 0.1) is 6.54 Å². The molecule has 3 N–H and O–H groups in total. The van der Waals surface area contributed by atoms with Crippen molar-refractivity contribution in [1.29, 1.82) is 0 Å². The van der Waals surface area contributed by atoms with E-state index in [0.717, 1.165) is 11.4 Å². The molecule has 100 valence electrons. The topological polar surface area (TPSA) is 58.4 Å². The molecule has 1 atom stereocenters. The van der Waals surface area contributed by atoms with Crippen LogP contribution < -0.4 is 11.1 Å². The first-order valence-electron chi connectivity index (χ1n) is 5.87. The highest BCUT2D eigenvalue weighted by atomic mass is 32.2. The van der Waals surface area contributed by atoms with Crippen LogP contribution in [0.25, 0.3) is 0 Å². The van der Waals surface area contributed by atoms with Gasteiger partial charge in [0.1, 0.15) is 0 Å². The lowest BCUT2D eigenvalue weighted by Gasteiger charge is -2.23. The molecule has 1 unspecified atom stereocenters. The Labute approximate surface area is 113 Å². The Morgan fingerprint density at radius 3 is 2.89 bits per heavy atom. The van der Waals surface area contributed by atoms with Gasteiger partial charge in [0.2, 0.25) is 5.91 Å². The third kappa shape index (κ3) is 4.98. The summed E-state index contributed by atoms with van der Waals surface area (Å²) in [7, 11) is 1.96. The van der Waals surface area contributed by atoms with E-state index < -0.39 is 0 Å². The number of rotatable bonds is 6. The zero-order valence-electron chi connectivity index (χ0n) is 11.1. The van der Waals surface area contributed by atoms with Crippen LogP contribution in [-0.2, 0) is 4.79 Å². The molecule has 0 heterocycles. The van der Waals surface area contributed by atoms with Gasteiger partial charge in [-0.25, -0.2) is 0 Å². The maximum atomic E-state index is 11.8. The molecular formula is C13H21N3OS. The van der Waals surface area contributed by atoms with E-state index in [0.29, 0.717) is 18.3 Å². The minimum Gasteiger partial charge on any atom is -0.399 e. The molecule has 0 aliphatic carbocycles. The fraction of sp³-hybridized carbons (Fsp3) is 0.462. The third-order valence-electron chi connectivity index (χ3n) is 2.72. The number of nitrogens with one attached hydrogen (secondary N) is 1. The highest BCUT2D eigenvalue weighted by molar-refractivity contribution is 7.98. The van der Waals surface area contributed by atoms with Crippen LogP contribution in [0.15, 0.2) is 24.3 Å². The average Bonchev–Trinajstić information content (AvgIpc) is 2.28. The number of likely N-dealkylation sites (N-methyl/N-ethyl adjacent to an activating group) is 1. The summed E-state index contributed by atoms with van der Waals surface area (Å²) in [5, 5.41) is 2.84. The van der Waals surface area contributed by atoms with Gasteiger partial charge in [-0.3, -0.25) is 9.69 Å². The second-order valence-electron chi connectivity index (χ2n) is 4.39. The lowest BCUT2D eigenvalue weighted by molar-refractivity contribution is -0.117. The van der Waals surface area contributed by atoms with Crippen LogP contribution in [0.4, 0.5) is 11.4 Å². The molecule has 1 amide bonds. The molecule has 0 aliphatic heterocycles. The number of carbonyl (C=O) groups is 1. The average molecular weight is 267 g/mol. The van der Waals surface area contributed by atoms with Crippen molar-refractivity contribution in [3.63, 3.8) is 0 Å². The standard InChI is InChI=1S/C13H21N3OS/c1-10(9-18-3)16(2)8-13(17)15-12-6-4-5-11(14)7-12/h4-7,10H,8-9,14H2,1-3H3,(H,15,17). The molecule has 1 aromatic carbocycles. The van der Waals surface area contributed by atoms with Crippen molar-refractivity contribution in [2.45, 2.75) is 13.0 Å². The van der Waals surface area contributed by atoms with E-state index in [9.17, 15) is 4.79 Å². The van der Waals surface area contributed by atoms with Crippen molar-refractivity contribution in [3.8, 4) is 0 Å². The molecule has 0 saturated carbocycles. The zero-order valence-corrected chi connectivity index (χ0v) is 12.0. The number of hydrogen-bond acceptors (Lipinski definition) is 4. The first-order chi connectivity index (χ1) is 8.52. The van der Waals surface area contributed by atoms with Crippen molar-refractivity contribution in [1.82, 2.24) is 4.90 Å². The molecule has 0 aromatic heterocycles. The molecule has 0 bridgehead atoms. The molecule has 0 saturated heterocycles. The summed E-state index contributed by atoms with van der Waals surface area (Å²) in [4.78, 5) is 13.9. The number of anilines is 2. The number of benzene rings is 1. The summed E-state index contributed by atoms with van der Waals surface area (Å²) < 4.78 is 0. The monoisotopic (exact) mass is 267 g/mol. The Kier molecular flexibility index (Phi) is 6.01. The predicted octanol–water partition coefficient (Wildman–Crippen LogP) is 1.89. The predicted molar refractivity (Wildman–Crippen MR) is 80.0 cm³/mol. The Balaban J connectivity index is 2.46. The molecule has 1 rings (SSSR count). The molecule has 0 radical (unpaired) electrons. The summed E-state index contributed by atoms with van der Waals surface area (Å²) in [5.41, 5.74) is 7.05. The minimum absolute atomic E-state index is 0.0175. The van der Waals surface area contributed by atoms with Gasteiger partial charge in [0, 0.05) is 23.2 Å². The van der Waals surface area contributed by atoms with Crippen LogP contribution in [0.3, 0.4) is 0 Å². The third-order valence-corrected chi connectivity index (χ3v) is 3.54. The van der Waals surface area contributed by atoms with Gasteiger partial charge in [-0.15, -0.1) is 0 Å². The van der Waals surface area contributed by atoms with E-state index in [1.165, 1.54) is 0 Å². The largest absolute Gasteiger partial charge is 0.399 e. The summed E-state index contributed by atoms with van der Waals surface area (Å²) in [6.07, 6.45) is 2.07. The molecular weight excluding hydrogens is 246 g/mol. The summed E-state index contributed by atoms with van der Waals surface area (Å²) in [6, 6.07) is 7.59. The highest BCUT2D eigenvalue weighted by Gasteiger charge is 2.12. The van der Waals surface area contributed by atoms with Gasteiger partial charge in [-0.1, -0.05) is 6.07 Å². The van der Waals surface area contributed by atoms with Gasteiger partial charge in [-0.05, 0) is 38.4 Å². The number of nitrogen functional groups attached to an aromatic ring is 1. The Morgan fingerprint density at radius 1 is 1.56 bits per heavy atom. The second-order valence-corrected chi connectivity index (χ2v) is 5.30. The second kappa shape index (κ2) is 7.28. The van der Waals surface area contributed by atoms with Crippen LogP contribution in [0.1, 0.15) is 6.92 Å². The number of thioether (sulfide) groups is 1. The lowest BCUT2D eigenvalue weighted by atomic mass is 10.3. The van der Waals surface area contributed by atoms with E-state index in [1.807, 2.05) is 24.1 Å². The maximum absolute atomic E-state index is 11.8. The first kappa shape index (κ1) is 14.9. The Bertz CT molecular complexity index is 398. The number of carbonyl (C=O) groups excluding carboxylic acids is 1. The molecule has 0 spiro atoms. The maximum Gasteiger partial charge on any atom is 0.238 e. The van der Waals surface area contributed by atoms with Crippen LogP contribution in [0, 0.1) is 0 Å². The normalized spacial score (nSPS) is 12.4. The van der Waals surface area contributed by atoms with E-state index >= 15 is 0 Å². The van der Waals surface area contributed by atoms with Gasteiger partial charge in [0.25, 0.3) is 0 Å². The van der Waals surface area contributed by atoms with Gasteiger partial charge in [-0.2, -0.15) is 11.8 Å². The van der Waals surface area contributed by atoms with E-state index in [-0.39, 0.29) is 5.91 Å². The molecule has 5 heteroatoms. The first-order valence-corrected chi connectivity index (χ1v) is 7.27. The van der Waals surface area contributed by atoms with Crippen LogP contribution in [-0.4, -0.2) is 42.4 Å². The molecule has 1 aromatic rings. The van der Waals surface area contributed by atoms with E-state index in [4.69, 9.17) is 5.73 Å². The number of nitrogens with zero attached hydrogens (tertiary/aromatic N) is 1. The van der Waals surface area contributed by atoms with Crippen LogP contribution in [0.2, 0.25) is 0 Å². The molecule has 0 fully saturated rings. The van der Waals surface area contributed by atoms with Crippen LogP contribution in [0.5, 0.6) is 0 Å². The molecule has 0 aliphatic rings. The van der Waals surface area contributed by atoms with Crippen molar-refractivity contribution in [2.75, 3.05) is 36.7 Å². The van der Waals surface area contributed by atoms with Crippen molar-refractivity contribution >= 4 is 29.0 Å². The summed E-state index contributed by atoms with van der Waals surface area (Å²) in [6.45, 7) is 2.50. The smallest absolute Gasteiger partial charge is 0.238 e. The number of nitrogens with two attached hydrogens (primary N) is 1. The van der Waals surface area contributed by atoms with Gasteiger partial charge < -0.3 is 11.1 Å². The quantitative estimate of drug-likeness (QED) is 0.773. The zero-order chi connectivity index (χ0) is 13.5. The van der Waals surface area contributed by atoms with Crippen molar-refractivity contribution in [3.05, 3.63) is 24.3 Å². The van der Waals surface area contributed by atoms with E-state index in [2.05, 4.69) is 18.5 Å². The SMILES string of the molecule is CSCC(C)N(C)CC(=O)Nc1cccc(N)c1. The summed E-state index contributed by atoms with van der Waals surface area (Å²) >= 11 is 1.78. The lowest BCUT2D eigenvalue weighted by Crippen LogP contribution is -2.37. The van der Waals surface area contributed by atoms with Crippen LogP contribution >= 0.6 is 11.8 Å². The molecule has 4 nitrogen and oxygen atoms in total.